The van der Waals surface area contributed by atoms with Crippen LogP contribution in [-0.2, 0) is 0 Å². The largest absolute Gasteiger partial charge is 0.427 e. The van der Waals surface area contributed by atoms with Crippen LogP contribution in [-0.4, -0.2) is 5.91 Å². The first-order valence-corrected chi connectivity index (χ1v) is 6.45. The average Bonchev–Trinajstić information content (AvgIpc) is 2.32. The van der Waals surface area contributed by atoms with Gasteiger partial charge in [-0.25, -0.2) is 4.79 Å². The molecule has 104 valence electrons. The molecule has 0 aliphatic rings. The molecule has 0 radical (unpaired) electrons. The van der Waals surface area contributed by atoms with Gasteiger partial charge in [0.2, 0.25) is 0 Å². The third kappa shape index (κ3) is 2.91. The van der Waals surface area contributed by atoms with Crippen molar-refractivity contribution in [2.45, 2.75) is 20.8 Å². The van der Waals surface area contributed by atoms with Crippen molar-refractivity contribution in [2.75, 3.05) is 5.32 Å². The van der Waals surface area contributed by atoms with E-state index in [0.29, 0.717) is 27.6 Å². The van der Waals surface area contributed by atoms with Gasteiger partial charge in [-0.05, 0) is 44.0 Å². The van der Waals surface area contributed by atoms with Crippen LogP contribution in [0.3, 0.4) is 0 Å². The number of aryl methyl sites for hydroxylation is 3. The fourth-order valence-corrected chi connectivity index (χ4v) is 2.14. The van der Waals surface area contributed by atoms with Crippen molar-refractivity contribution in [2.24, 2.45) is 0 Å². The molecule has 1 aromatic carbocycles. The quantitative estimate of drug-likeness (QED) is 0.921. The second kappa shape index (κ2) is 5.51. The monoisotopic (exact) mass is 291 g/mol. The van der Waals surface area contributed by atoms with Gasteiger partial charge >= 0.3 is 5.63 Å². The third-order valence-corrected chi connectivity index (χ3v) is 3.40. The van der Waals surface area contributed by atoms with Crippen LogP contribution < -0.4 is 10.9 Å². The van der Waals surface area contributed by atoms with E-state index >= 15 is 0 Å². The van der Waals surface area contributed by atoms with Crippen LogP contribution in [0.2, 0.25) is 5.02 Å². The number of amides is 1. The summed E-state index contributed by atoms with van der Waals surface area (Å²) in [6.07, 6.45) is 0. The molecule has 2 rings (SSSR count). The Hall–Kier alpha value is -2.07. The van der Waals surface area contributed by atoms with E-state index in [9.17, 15) is 9.59 Å². The van der Waals surface area contributed by atoms with Crippen molar-refractivity contribution in [3.8, 4) is 0 Å². The molecule has 2 aromatic rings. The lowest BCUT2D eigenvalue weighted by Gasteiger charge is -2.10. The van der Waals surface area contributed by atoms with Crippen LogP contribution >= 0.6 is 11.6 Å². The van der Waals surface area contributed by atoms with Gasteiger partial charge in [0.1, 0.15) is 5.76 Å². The standard InChI is InChI=1S/C15H14ClNO3/c1-8-4-5-11(7-12(8)16)17-15(19)14-9(2)6-13(18)20-10(14)3/h4-7H,1-3H3,(H,17,19). The predicted octanol–water partition coefficient (Wildman–Crippen LogP) is 3.47. The summed E-state index contributed by atoms with van der Waals surface area (Å²) in [5, 5.41) is 3.32. The summed E-state index contributed by atoms with van der Waals surface area (Å²) >= 11 is 6.02. The molecule has 1 aromatic heterocycles. The molecule has 0 aliphatic carbocycles. The Morgan fingerprint density at radius 3 is 2.45 bits per heavy atom. The van der Waals surface area contributed by atoms with Gasteiger partial charge in [0.15, 0.2) is 0 Å². The smallest absolute Gasteiger partial charge is 0.336 e. The molecule has 1 amide bonds. The van der Waals surface area contributed by atoms with Crippen molar-refractivity contribution in [1.29, 1.82) is 0 Å². The summed E-state index contributed by atoms with van der Waals surface area (Å²) in [7, 11) is 0. The Morgan fingerprint density at radius 2 is 1.85 bits per heavy atom. The summed E-state index contributed by atoms with van der Waals surface area (Å²) in [5.74, 6) is -0.0330. The summed E-state index contributed by atoms with van der Waals surface area (Å²) in [4.78, 5) is 23.5. The SMILES string of the molecule is Cc1ccc(NC(=O)c2c(C)cc(=O)oc2C)cc1Cl. The predicted molar refractivity (Wildman–Crippen MR) is 78.6 cm³/mol. The van der Waals surface area contributed by atoms with Gasteiger partial charge in [-0.15, -0.1) is 0 Å². The number of hydrogen-bond donors (Lipinski definition) is 1. The van der Waals surface area contributed by atoms with Gasteiger partial charge in [-0.1, -0.05) is 17.7 Å². The number of hydrogen-bond acceptors (Lipinski definition) is 3. The summed E-state index contributed by atoms with van der Waals surface area (Å²) in [6.45, 7) is 5.17. The lowest BCUT2D eigenvalue weighted by molar-refractivity contribution is 0.102. The molecule has 0 unspecified atom stereocenters. The Labute approximate surface area is 121 Å². The van der Waals surface area contributed by atoms with Crippen LogP contribution in [0.25, 0.3) is 0 Å². The van der Waals surface area contributed by atoms with Crippen molar-refractivity contribution in [3.63, 3.8) is 0 Å². The Bertz CT molecular complexity index is 708. The van der Waals surface area contributed by atoms with Gasteiger partial charge in [0, 0.05) is 16.8 Å². The zero-order valence-corrected chi connectivity index (χ0v) is 12.2. The van der Waals surface area contributed by atoms with Gasteiger partial charge in [0.25, 0.3) is 5.91 Å². The second-order valence-electron chi connectivity index (χ2n) is 4.60. The maximum absolute atomic E-state index is 12.2. The first kappa shape index (κ1) is 14.3. The zero-order valence-electron chi connectivity index (χ0n) is 11.4. The highest BCUT2D eigenvalue weighted by molar-refractivity contribution is 6.31. The molecule has 0 saturated heterocycles. The number of nitrogens with one attached hydrogen (secondary N) is 1. The van der Waals surface area contributed by atoms with Crippen molar-refractivity contribution < 1.29 is 9.21 Å². The summed E-state index contributed by atoms with van der Waals surface area (Å²) < 4.78 is 4.95. The molecule has 1 N–H and O–H groups in total. The van der Waals surface area contributed by atoms with Gasteiger partial charge in [-0.3, -0.25) is 4.79 Å². The van der Waals surface area contributed by atoms with Crippen LogP contribution in [0.1, 0.15) is 27.2 Å². The van der Waals surface area contributed by atoms with Crippen molar-refractivity contribution >= 4 is 23.2 Å². The molecule has 0 aliphatic heterocycles. The van der Waals surface area contributed by atoms with E-state index in [1.54, 1.807) is 26.0 Å². The van der Waals surface area contributed by atoms with Crippen molar-refractivity contribution in [3.05, 3.63) is 62.2 Å². The average molecular weight is 292 g/mol. The highest BCUT2D eigenvalue weighted by Crippen LogP contribution is 2.21. The first-order chi connectivity index (χ1) is 9.38. The minimum Gasteiger partial charge on any atom is -0.427 e. The van der Waals surface area contributed by atoms with Crippen LogP contribution in [0, 0.1) is 20.8 Å². The molecule has 0 bridgehead atoms. The van der Waals surface area contributed by atoms with E-state index in [1.165, 1.54) is 6.07 Å². The molecule has 1 heterocycles. The van der Waals surface area contributed by atoms with Gasteiger partial charge in [0.05, 0.1) is 5.56 Å². The molecule has 5 heteroatoms. The molecule has 4 nitrogen and oxygen atoms in total. The van der Waals surface area contributed by atoms with Gasteiger partial charge in [-0.2, -0.15) is 0 Å². The van der Waals surface area contributed by atoms with E-state index in [4.69, 9.17) is 16.0 Å². The lowest BCUT2D eigenvalue weighted by atomic mass is 10.1. The summed E-state index contributed by atoms with van der Waals surface area (Å²) in [5.41, 5.74) is 2.00. The van der Waals surface area contributed by atoms with Crippen LogP contribution in [0.4, 0.5) is 5.69 Å². The van der Waals surface area contributed by atoms with E-state index in [0.717, 1.165) is 5.56 Å². The highest BCUT2D eigenvalue weighted by Gasteiger charge is 2.15. The molecule has 20 heavy (non-hydrogen) atoms. The maximum atomic E-state index is 12.2. The number of halogens is 1. The van der Waals surface area contributed by atoms with E-state index < -0.39 is 5.63 Å². The van der Waals surface area contributed by atoms with E-state index in [2.05, 4.69) is 5.32 Å². The molecule has 0 saturated carbocycles. The topological polar surface area (TPSA) is 59.3 Å². The van der Waals surface area contributed by atoms with Crippen LogP contribution in [0.15, 0.2) is 33.5 Å². The minimum atomic E-state index is -0.463. The first-order valence-electron chi connectivity index (χ1n) is 6.07. The van der Waals surface area contributed by atoms with Crippen molar-refractivity contribution in [1.82, 2.24) is 0 Å². The zero-order chi connectivity index (χ0) is 14.9. The lowest BCUT2D eigenvalue weighted by Crippen LogP contribution is -2.17. The summed E-state index contributed by atoms with van der Waals surface area (Å²) in [6, 6.07) is 6.56. The number of anilines is 1. The van der Waals surface area contributed by atoms with E-state index in [1.807, 2.05) is 13.0 Å². The Balaban J connectivity index is 2.33. The minimum absolute atomic E-state index is 0.297. The Kier molecular flexibility index (Phi) is 3.95. The molecular weight excluding hydrogens is 278 g/mol. The third-order valence-electron chi connectivity index (χ3n) is 2.99. The number of rotatable bonds is 2. The van der Waals surface area contributed by atoms with Gasteiger partial charge < -0.3 is 9.73 Å². The number of carbonyl (C=O) groups excluding carboxylic acids is 1. The fraction of sp³-hybridized carbons (Fsp3) is 0.200. The highest BCUT2D eigenvalue weighted by atomic mass is 35.5. The number of benzene rings is 1. The molecule has 0 fully saturated rings. The van der Waals surface area contributed by atoms with E-state index in [-0.39, 0.29) is 5.91 Å². The molecule has 0 spiro atoms. The Morgan fingerprint density at radius 1 is 1.15 bits per heavy atom. The van der Waals surface area contributed by atoms with Crippen LogP contribution in [0.5, 0.6) is 0 Å². The molecular formula is C15H14ClNO3. The second-order valence-corrected chi connectivity index (χ2v) is 5.00. The normalized spacial score (nSPS) is 10.4. The molecule has 0 atom stereocenters. The number of carbonyl (C=O) groups is 1. The maximum Gasteiger partial charge on any atom is 0.336 e. The fourth-order valence-electron chi connectivity index (χ4n) is 1.96.